The molecule has 1 aromatic heterocycles. The first-order valence-corrected chi connectivity index (χ1v) is 7.73. The minimum Gasteiger partial charge on any atom is -0.309 e. The molecule has 0 spiro atoms. The van der Waals surface area contributed by atoms with E-state index in [1.807, 2.05) is 0 Å². The second-order valence-corrected chi connectivity index (χ2v) is 6.96. The number of aromatic nitrogens is 1. The second kappa shape index (κ2) is 6.13. The molecule has 18 heavy (non-hydrogen) atoms. The number of rotatable bonds is 4. The summed E-state index contributed by atoms with van der Waals surface area (Å²) < 4.78 is 0. The fraction of sp³-hybridized carbons (Fsp3) is 0.786. The van der Waals surface area contributed by atoms with E-state index in [0.717, 1.165) is 12.5 Å². The minimum atomic E-state index is 0.384. The second-order valence-electron chi connectivity index (χ2n) is 5.55. The van der Waals surface area contributed by atoms with Gasteiger partial charge < -0.3 is 10.2 Å². The lowest BCUT2D eigenvalue weighted by molar-refractivity contribution is 0.213. The van der Waals surface area contributed by atoms with Crippen LogP contribution in [0.2, 0.25) is 0 Å². The number of nitrogens with one attached hydrogen (secondary N) is 1. The molecule has 1 N–H and O–H groups in total. The third-order valence-electron chi connectivity index (χ3n) is 3.90. The van der Waals surface area contributed by atoms with E-state index in [9.17, 15) is 0 Å². The SMILES string of the molecule is Cc1nc(C(C)NCC2CCN(C)CC2)c(C)s1. The fourth-order valence-corrected chi connectivity index (χ4v) is 3.57. The lowest BCUT2D eigenvalue weighted by Gasteiger charge is -2.29. The smallest absolute Gasteiger partial charge is 0.0900 e. The van der Waals surface area contributed by atoms with Crippen LogP contribution >= 0.6 is 11.3 Å². The van der Waals surface area contributed by atoms with Gasteiger partial charge >= 0.3 is 0 Å². The van der Waals surface area contributed by atoms with E-state index in [-0.39, 0.29) is 0 Å². The highest BCUT2D eigenvalue weighted by molar-refractivity contribution is 7.11. The summed E-state index contributed by atoms with van der Waals surface area (Å²) in [5, 5.41) is 4.84. The highest BCUT2D eigenvalue weighted by Crippen LogP contribution is 2.23. The minimum absolute atomic E-state index is 0.384. The molecule has 1 aromatic rings. The molecule has 0 amide bonds. The lowest BCUT2D eigenvalue weighted by Crippen LogP contribution is -2.35. The Balaban J connectivity index is 1.81. The lowest BCUT2D eigenvalue weighted by atomic mass is 9.97. The summed E-state index contributed by atoms with van der Waals surface area (Å²) in [4.78, 5) is 8.42. The predicted molar refractivity (Wildman–Crippen MR) is 78.2 cm³/mol. The van der Waals surface area contributed by atoms with Crippen molar-refractivity contribution in [3.05, 3.63) is 15.6 Å². The van der Waals surface area contributed by atoms with Crippen molar-refractivity contribution in [2.45, 2.75) is 39.7 Å². The van der Waals surface area contributed by atoms with Gasteiger partial charge in [0.15, 0.2) is 0 Å². The van der Waals surface area contributed by atoms with Crippen molar-refractivity contribution in [2.75, 3.05) is 26.7 Å². The Morgan fingerprint density at radius 1 is 1.39 bits per heavy atom. The van der Waals surface area contributed by atoms with Crippen molar-refractivity contribution < 1.29 is 0 Å². The van der Waals surface area contributed by atoms with Crippen molar-refractivity contribution in [3.63, 3.8) is 0 Å². The molecule has 3 nitrogen and oxygen atoms in total. The van der Waals surface area contributed by atoms with Crippen molar-refractivity contribution >= 4 is 11.3 Å². The van der Waals surface area contributed by atoms with E-state index in [4.69, 9.17) is 0 Å². The standard InChI is InChI=1S/C14H25N3S/c1-10(14-11(2)18-12(3)16-14)15-9-13-5-7-17(4)8-6-13/h10,13,15H,5-9H2,1-4H3. The molecule has 0 aromatic carbocycles. The zero-order valence-electron chi connectivity index (χ0n) is 12.0. The Kier molecular flexibility index (Phi) is 4.76. The monoisotopic (exact) mass is 267 g/mol. The third kappa shape index (κ3) is 3.53. The molecule has 0 radical (unpaired) electrons. The van der Waals surface area contributed by atoms with Gasteiger partial charge in [-0.25, -0.2) is 4.98 Å². The molecule has 1 unspecified atom stereocenters. The van der Waals surface area contributed by atoms with Crippen LogP contribution in [-0.4, -0.2) is 36.6 Å². The van der Waals surface area contributed by atoms with Crippen molar-refractivity contribution in [2.24, 2.45) is 5.92 Å². The highest BCUT2D eigenvalue weighted by atomic mass is 32.1. The summed E-state index contributed by atoms with van der Waals surface area (Å²) in [5.41, 5.74) is 1.24. The quantitative estimate of drug-likeness (QED) is 0.909. The zero-order chi connectivity index (χ0) is 13.1. The maximum atomic E-state index is 4.63. The number of likely N-dealkylation sites (tertiary alicyclic amines) is 1. The maximum absolute atomic E-state index is 4.63. The van der Waals surface area contributed by atoms with Gasteiger partial charge in [-0.1, -0.05) is 0 Å². The predicted octanol–water partition coefficient (Wildman–Crippen LogP) is 2.75. The Morgan fingerprint density at radius 3 is 2.61 bits per heavy atom. The van der Waals surface area contributed by atoms with Gasteiger partial charge in [0.2, 0.25) is 0 Å². The molecule has 0 bridgehead atoms. The molecule has 0 aliphatic carbocycles. The Labute approximate surface area is 115 Å². The molecular weight excluding hydrogens is 242 g/mol. The number of nitrogens with zero attached hydrogens (tertiary/aromatic N) is 2. The van der Waals surface area contributed by atoms with Crippen LogP contribution in [0.1, 0.15) is 41.4 Å². The topological polar surface area (TPSA) is 28.2 Å². The number of hydrogen-bond donors (Lipinski definition) is 1. The first-order chi connectivity index (χ1) is 8.56. The van der Waals surface area contributed by atoms with E-state index in [1.165, 1.54) is 41.5 Å². The summed E-state index contributed by atoms with van der Waals surface area (Å²) in [5.74, 6) is 0.837. The summed E-state index contributed by atoms with van der Waals surface area (Å²) in [6.45, 7) is 10.1. The molecule has 1 aliphatic heterocycles. The van der Waals surface area contributed by atoms with Crippen LogP contribution in [0, 0.1) is 19.8 Å². The number of aryl methyl sites for hydroxylation is 2. The molecular formula is C14H25N3S. The zero-order valence-corrected chi connectivity index (χ0v) is 12.8. The molecule has 1 aliphatic rings. The van der Waals surface area contributed by atoms with Gasteiger partial charge in [-0.15, -0.1) is 11.3 Å². The Bertz CT molecular complexity index is 380. The Morgan fingerprint density at radius 2 is 2.06 bits per heavy atom. The van der Waals surface area contributed by atoms with Gasteiger partial charge in [0, 0.05) is 10.9 Å². The average molecular weight is 267 g/mol. The van der Waals surface area contributed by atoms with Gasteiger partial charge in [0.1, 0.15) is 0 Å². The molecule has 2 rings (SSSR count). The number of thiazole rings is 1. The highest BCUT2D eigenvalue weighted by Gasteiger charge is 2.18. The van der Waals surface area contributed by atoms with Gasteiger partial charge in [0.05, 0.1) is 10.7 Å². The van der Waals surface area contributed by atoms with Gasteiger partial charge in [-0.05, 0) is 66.2 Å². The normalized spacial score (nSPS) is 20.2. The average Bonchev–Trinajstić information content (AvgIpc) is 2.67. The van der Waals surface area contributed by atoms with Crippen LogP contribution < -0.4 is 5.32 Å². The molecule has 1 fully saturated rings. The van der Waals surface area contributed by atoms with Crippen LogP contribution in [0.15, 0.2) is 0 Å². The third-order valence-corrected chi connectivity index (χ3v) is 4.80. The van der Waals surface area contributed by atoms with Crippen molar-refractivity contribution in [1.82, 2.24) is 15.2 Å². The van der Waals surface area contributed by atoms with Crippen molar-refractivity contribution in [3.8, 4) is 0 Å². The molecule has 2 heterocycles. The van der Waals surface area contributed by atoms with Gasteiger partial charge in [0.25, 0.3) is 0 Å². The summed E-state index contributed by atoms with van der Waals surface area (Å²) in [7, 11) is 2.22. The van der Waals surface area contributed by atoms with Crippen LogP contribution in [0.5, 0.6) is 0 Å². The molecule has 0 saturated carbocycles. The fourth-order valence-electron chi connectivity index (χ4n) is 2.65. The number of piperidine rings is 1. The first-order valence-electron chi connectivity index (χ1n) is 6.92. The Hall–Kier alpha value is -0.450. The van der Waals surface area contributed by atoms with Gasteiger partial charge in [-0.3, -0.25) is 0 Å². The first kappa shape index (κ1) is 14.0. The molecule has 1 atom stereocenters. The van der Waals surface area contributed by atoms with E-state index in [0.29, 0.717) is 6.04 Å². The number of hydrogen-bond acceptors (Lipinski definition) is 4. The molecule has 4 heteroatoms. The summed E-state index contributed by atoms with van der Waals surface area (Å²) >= 11 is 1.80. The van der Waals surface area contributed by atoms with E-state index in [2.05, 4.69) is 43.0 Å². The van der Waals surface area contributed by atoms with Crippen LogP contribution in [0.4, 0.5) is 0 Å². The van der Waals surface area contributed by atoms with Crippen LogP contribution in [-0.2, 0) is 0 Å². The summed E-state index contributed by atoms with van der Waals surface area (Å²) in [6, 6.07) is 0.384. The molecule has 102 valence electrons. The van der Waals surface area contributed by atoms with Crippen molar-refractivity contribution in [1.29, 1.82) is 0 Å². The van der Waals surface area contributed by atoms with E-state index in [1.54, 1.807) is 11.3 Å². The van der Waals surface area contributed by atoms with E-state index >= 15 is 0 Å². The van der Waals surface area contributed by atoms with Crippen LogP contribution in [0.25, 0.3) is 0 Å². The van der Waals surface area contributed by atoms with Crippen LogP contribution in [0.3, 0.4) is 0 Å². The van der Waals surface area contributed by atoms with E-state index < -0.39 is 0 Å². The largest absolute Gasteiger partial charge is 0.309 e. The summed E-state index contributed by atoms with van der Waals surface area (Å²) in [6.07, 6.45) is 2.65. The van der Waals surface area contributed by atoms with Gasteiger partial charge in [-0.2, -0.15) is 0 Å². The maximum Gasteiger partial charge on any atom is 0.0900 e. The molecule has 1 saturated heterocycles.